The molecule has 19 heavy (non-hydrogen) atoms. The van der Waals surface area contributed by atoms with Crippen molar-refractivity contribution < 1.29 is 5.11 Å². The predicted octanol–water partition coefficient (Wildman–Crippen LogP) is 2.51. The molecule has 0 aliphatic carbocycles. The van der Waals surface area contributed by atoms with Crippen molar-refractivity contribution in [3.63, 3.8) is 0 Å². The largest absolute Gasteiger partial charge is 0.384 e. The Balaban J connectivity index is 2.04. The van der Waals surface area contributed by atoms with Crippen LogP contribution in [0.15, 0.2) is 24.3 Å². The van der Waals surface area contributed by atoms with E-state index in [2.05, 4.69) is 42.7 Å². The molecule has 0 saturated carbocycles. The van der Waals surface area contributed by atoms with Crippen LogP contribution in [0.5, 0.6) is 0 Å². The molecule has 0 bridgehead atoms. The number of rotatable bonds is 3. The van der Waals surface area contributed by atoms with Crippen LogP contribution >= 0.6 is 0 Å². The zero-order chi connectivity index (χ0) is 13.7. The van der Waals surface area contributed by atoms with Crippen LogP contribution in [0.1, 0.15) is 31.4 Å². The first kappa shape index (κ1) is 14.1. The number of nitrogens with zero attached hydrogens (tertiary/aromatic N) is 1. The summed E-state index contributed by atoms with van der Waals surface area (Å²) in [6.45, 7) is 7.90. The smallest absolute Gasteiger partial charge is 0.104 e. The van der Waals surface area contributed by atoms with Crippen LogP contribution in [0.2, 0.25) is 0 Å². The topological polar surface area (TPSA) is 23.5 Å². The lowest BCUT2D eigenvalue weighted by Gasteiger charge is -2.18. The van der Waals surface area contributed by atoms with Crippen molar-refractivity contribution in [1.82, 2.24) is 4.90 Å². The second-order valence-electron chi connectivity index (χ2n) is 5.64. The van der Waals surface area contributed by atoms with E-state index in [0.29, 0.717) is 0 Å². The highest BCUT2D eigenvalue weighted by molar-refractivity contribution is 5.41. The third-order valence-electron chi connectivity index (χ3n) is 3.97. The van der Waals surface area contributed by atoms with Gasteiger partial charge in [-0.25, -0.2) is 0 Å². The van der Waals surface area contributed by atoms with E-state index in [1.807, 2.05) is 12.1 Å². The van der Waals surface area contributed by atoms with Gasteiger partial charge in [0.25, 0.3) is 0 Å². The first-order chi connectivity index (χ1) is 9.20. The number of aliphatic hydroxyl groups excluding tert-OH is 1. The van der Waals surface area contributed by atoms with Gasteiger partial charge in [0.1, 0.15) is 6.61 Å². The number of aliphatic hydroxyl groups is 1. The molecule has 1 saturated heterocycles. The molecule has 1 N–H and O–H groups in total. The summed E-state index contributed by atoms with van der Waals surface area (Å²) in [5.41, 5.74) is 2.32. The Kier molecular flexibility index (Phi) is 5.01. The highest BCUT2D eigenvalue weighted by Crippen LogP contribution is 2.25. The number of hydrogen-bond donors (Lipinski definition) is 1. The van der Waals surface area contributed by atoms with Crippen LogP contribution in [-0.4, -0.2) is 29.7 Å². The molecule has 0 amide bonds. The standard InChI is InChI=1S/C17H23NO/c1-14(2)16-9-10-18(12-16)13-17-7-4-3-6-15(17)8-5-11-19/h3-4,6-7,14,16,19H,9-13H2,1-2H3. The SMILES string of the molecule is CC(C)C1CCN(Cc2ccccc2C#CCO)C1. The molecule has 1 aliphatic rings. The molecular weight excluding hydrogens is 234 g/mol. The zero-order valence-corrected chi connectivity index (χ0v) is 11.9. The quantitative estimate of drug-likeness (QED) is 0.841. The van der Waals surface area contributed by atoms with E-state index in [9.17, 15) is 0 Å². The molecule has 1 unspecified atom stereocenters. The maximum atomic E-state index is 8.81. The average molecular weight is 257 g/mol. The molecule has 0 aromatic heterocycles. The van der Waals surface area contributed by atoms with Gasteiger partial charge >= 0.3 is 0 Å². The Bertz CT molecular complexity index is 470. The van der Waals surface area contributed by atoms with E-state index < -0.39 is 0 Å². The fraction of sp³-hybridized carbons (Fsp3) is 0.529. The minimum absolute atomic E-state index is 0.0759. The van der Waals surface area contributed by atoms with Crippen LogP contribution in [0.3, 0.4) is 0 Å². The molecule has 1 heterocycles. The summed E-state index contributed by atoms with van der Waals surface area (Å²) >= 11 is 0. The monoisotopic (exact) mass is 257 g/mol. The Labute approximate surface area is 116 Å². The van der Waals surface area contributed by atoms with Crippen molar-refractivity contribution in [3.05, 3.63) is 35.4 Å². The molecule has 102 valence electrons. The van der Waals surface area contributed by atoms with Crippen LogP contribution in [0, 0.1) is 23.7 Å². The summed E-state index contributed by atoms with van der Waals surface area (Å²) < 4.78 is 0. The van der Waals surface area contributed by atoms with Crippen LogP contribution in [-0.2, 0) is 6.54 Å². The van der Waals surface area contributed by atoms with E-state index in [-0.39, 0.29) is 6.61 Å². The number of likely N-dealkylation sites (tertiary alicyclic amines) is 1. The lowest BCUT2D eigenvalue weighted by molar-refractivity contribution is 0.296. The molecule has 2 heteroatoms. The highest BCUT2D eigenvalue weighted by Gasteiger charge is 2.24. The molecule has 1 aromatic rings. The lowest BCUT2D eigenvalue weighted by atomic mass is 9.95. The van der Waals surface area contributed by atoms with Crippen molar-refractivity contribution in [2.75, 3.05) is 19.7 Å². The first-order valence-corrected chi connectivity index (χ1v) is 7.10. The molecule has 1 atom stereocenters. The third kappa shape index (κ3) is 3.83. The van der Waals surface area contributed by atoms with Crippen molar-refractivity contribution in [2.24, 2.45) is 11.8 Å². The van der Waals surface area contributed by atoms with Crippen LogP contribution in [0.4, 0.5) is 0 Å². The second kappa shape index (κ2) is 6.75. The maximum Gasteiger partial charge on any atom is 0.104 e. The van der Waals surface area contributed by atoms with Crippen molar-refractivity contribution >= 4 is 0 Å². The van der Waals surface area contributed by atoms with Gasteiger partial charge in [0.2, 0.25) is 0 Å². The maximum absolute atomic E-state index is 8.81. The molecule has 2 nitrogen and oxygen atoms in total. The summed E-state index contributed by atoms with van der Waals surface area (Å²) in [6, 6.07) is 8.25. The summed E-state index contributed by atoms with van der Waals surface area (Å²) in [5.74, 6) is 7.39. The van der Waals surface area contributed by atoms with Crippen molar-refractivity contribution in [2.45, 2.75) is 26.8 Å². The van der Waals surface area contributed by atoms with E-state index >= 15 is 0 Å². The normalized spacial score (nSPS) is 19.5. The molecule has 2 rings (SSSR count). The summed E-state index contributed by atoms with van der Waals surface area (Å²) in [5, 5.41) is 8.81. The van der Waals surface area contributed by atoms with Crippen LogP contribution in [0.25, 0.3) is 0 Å². The molecule has 1 fully saturated rings. The Morgan fingerprint density at radius 2 is 2.16 bits per heavy atom. The summed E-state index contributed by atoms with van der Waals surface area (Å²) in [4.78, 5) is 2.52. The van der Waals surface area contributed by atoms with Gasteiger partial charge < -0.3 is 5.11 Å². The third-order valence-corrected chi connectivity index (χ3v) is 3.97. The van der Waals surface area contributed by atoms with Gasteiger partial charge in [-0.15, -0.1) is 0 Å². The minimum atomic E-state index is -0.0759. The van der Waals surface area contributed by atoms with Gasteiger partial charge in [-0.3, -0.25) is 4.90 Å². The van der Waals surface area contributed by atoms with E-state index in [0.717, 1.165) is 23.9 Å². The van der Waals surface area contributed by atoms with Gasteiger partial charge in [0, 0.05) is 18.7 Å². The van der Waals surface area contributed by atoms with Gasteiger partial charge in [0.15, 0.2) is 0 Å². The molecule has 1 aromatic carbocycles. The second-order valence-corrected chi connectivity index (χ2v) is 5.64. The number of benzene rings is 1. The number of hydrogen-bond acceptors (Lipinski definition) is 2. The van der Waals surface area contributed by atoms with Crippen molar-refractivity contribution in [3.8, 4) is 11.8 Å². The Hall–Kier alpha value is -1.30. The fourth-order valence-electron chi connectivity index (χ4n) is 2.71. The zero-order valence-electron chi connectivity index (χ0n) is 11.9. The average Bonchev–Trinajstić information content (AvgIpc) is 2.86. The van der Waals surface area contributed by atoms with E-state index in [4.69, 9.17) is 5.11 Å². The molecule has 0 spiro atoms. The van der Waals surface area contributed by atoms with E-state index in [1.165, 1.54) is 25.1 Å². The molecule has 1 aliphatic heterocycles. The van der Waals surface area contributed by atoms with Gasteiger partial charge in [0.05, 0.1) is 0 Å². The molecule has 0 radical (unpaired) electrons. The van der Waals surface area contributed by atoms with Crippen molar-refractivity contribution in [1.29, 1.82) is 0 Å². The lowest BCUT2D eigenvalue weighted by Crippen LogP contribution is -2.22. The highest BCUT2D eigenvalue weighted by atomic mass is 16.2. The minimum Gasteiger partial charge on any atom is -0.384 e. The Morgan fingerprint density at radius 3 is 2.84 bits per heavy atom. The van der Waals surface area contributed by atoms with Gasteiger partial charge in [-0.2, -0.15) is 0 Å². The summed E-state index contributed by atoms with van der Waals surface area (Å²) in [6.07, 6.45) is 1.31. The van der Waals surface area contributed by atoms with Gasteiger partial charge in [-0.1, -0.05) is 43.9 Å². The predicted molar refractivity (Wildman–Crippen MR) is 78.6 cm³/mol. The first-order valence-electron chi connectivity index (χ1n) is 7.10. The fourth-order valence-corrected chi connectivity index (χ4v) is 2.71. The summed E-state index contributed by atoms with van der Waals surface area (Å²) in [7, 11) is 0. The van der Waals surface area contributed by atoms with E-state index in [1.54, 1.807) is 0 Å². The molecular formula is C17H23NO. The Morgan fingerprint density at radius 1 is 1.37 bits per heavy atom. The van der Waals surface area contributed by atoms with Crippen LogP contribution < -0.4 is 0 Å². The van der Waals surface area contributed by atoms with Gasteiger partial charge in [-0.05, 0) is 36.4 Å².